The summed E-state index contributed by atoms with van der Waals surface area (Å²) < 4.78 is 14.0. The van der Waals surface area contributed by atoms with Crippen molar-refractivity contribution in [2.45, 2.75) is 6.54 Å². The van der Waals surface area contributed by atoms with E-state index in [9.17, 15) is 9.18 Å². The maximum absolute atomic E-state index is 14.0. The summed E-state index contributed by atoms with van der Waals surface area (Å²) in [5.74, 6) is -0.481. The van der Waals surface area contributed by atoms with Gasteiger partial charge in [-0.2, -0.15) is 0 Å². The van der Waals surface area contributed by atoms with Crippen LogP contribution in [0.1, 0.15) is 5.56 Å². The Kier molecular flexibility index (Phi) is 4.12. The first kappa shape index (κ1) is 15.2. The molecule has 6 heteroatoms. The second kappa shape index (κ2) is 6.22. The Hall–Kier alpha value is -2.66. The van der Waals surface area contributed by atoms with Crippen LogP contribution in [0.25, 0.3) is 10.8 Å². The molecule has 0 aliphatic carbocycles. The monoisotopic (exact) mass is 329 g/mol. The van der Waals surface area contributed by atoms with Crippen LogP contribution >= 0.6 is 11.6 Å². The van der Waals surface area contributed by atoms with Gasteiger partial charge in [0.1, 0.15) is 5.82 Å². The smallest absolute Gasteiger partial charge is 0.319 e. The molecule has 1 heterocycles. The number of benzene rings is 2. The first-order chi connectivity index (χ1) is 11.1. The molecule has 0 aliphatic heterocycles. The van der Waals surface area contributed by atoms with Gasteiger partial charge in [-0.15, -0.1) is 0 Å². The highest BCUT2D eigenvalue weighted by Gasteiger charge is 2.17. The minimum Gasteiger partial charge on any atom is -0.351 e. The zero-order chi connectivity index (χ0) is 16.4. The topological polar surface area (TPSA) is 59.2 Å². The minimum atomic E-state index is -0.663. The first-order valence-corrected chi connectivity index (χ1v) is 7.27. The van der Waals surface area contributed by atoms with Crippen LogP contribution in [0.4, 0.5) is 14.9 Å². The fraction of sp³-hybridized carbons (Fsp3) is 0.0588. The molecule has 4 nitrogen and oxygen atoms in total. The number of hydrogen-bond acceptors (Lipinski definition) is 2. The van der Waals surface area contributed by atoms with Gasteiger partial charge in [0.2, 0.25) is 0 Å². The van der Waals surface area contributed by atoms with Crippen molar-refractivity contribution in [3.8, 4) is 0 Å². The summed E-state index contributed by atoms with van der Waals surface area (Å²) in [5, 5.41) is 1.98. The second-order valence-corrected chi connectivity index (χ2v) is 5.47. The average molecular weight is 330 g/mol. The SMILES string of the molecule is NC(=O)N(Cc1ccc(Cl)cc1F)c1cccc2cnccc12. The van der Waals surface area contributed by atoms with Crippen LogP contribution in [-0.2, 0) is 6.54 Å². The molecule has 0 fully saturated rings. The summed E-state index contributed by atoms with van der Waals surface area (Å²) in [5.41, 5.74) is 6.45. The van der Waals surface area contributed by atoms with E-state index in [4.69, 9.17) is 17.3 Å². The Morgan fingerprint density at radius 1 is 1.26 bits per heavy atom. The van der Waals surface area contributed by atoms with Crippen LogP contribution in [0.2, 0.25) is 5.02 Å². The maximum Gasteiger partial charge on any atom is 0.319 e. The molecule has 0 radical (unpaired) electrons. The number of nitrogens with two attached hydrogens (primary N) is 1. The number of primary amides is 1. The van der Waals surface area contributed by atoms with Crippen LogP contribution in [0, 0.1) is 5.82 Å². The molecule has 1 aromatic heterocycles. The number of pyridine rings is 1. The highest BCUT2D eigenvalue weighted by molar-refractivity contribution is 6.30. The number of urea groups is 1. The summed E-state index contributed by atoms with van der Waals surface area (Å²) in [6.07, 6.45) is 3.33. The number of carbonyl (C=O) groups is 1. The second-order valence-electron chi connectivity index (χ2n) is 5.03. The predicted octanol–water partition coefficient (Wildman–Crippen LogP) is 4.11. The van der Waals surface area contributed by atoms with E-state index in [2.05, 4.69) is 4.98 Å². The van der Waals surface area contributed by atoms with E-state index in [0.717, 1.165) is 10.8 Å². The van der Waals surface area contributed by atoms with E-state index in [0.29, 0.717) is 16.3 Å². The van der Waals surface area contributed by atoms with E-state index in [1.54, 1.807) is 42.7 Å². The molecule has 0 spiro atoms. The molecule has 3 rings (SSSR count). The van der Waals surface area contributed by atoms with Gasteiger partial charge >= 0.3 is 6.03 Å². The van der Waals surface area contributed by atoms with Gasteiger partial charge in [0, 0.05) is 33.8 Å². The van der Waals surface area contributed by atoms with Crippen LogP contribution < -0.4 is 10.6 Å². The van der Waals surface area contributed by atoms with Crippen molar-refractivity contribution in [2.75, 3.05) is 4.90 Å². The lowest BCUT2D eigenvalue weighted by Gasteiger charge is -2.22. The van der Waals surface area contributed by atoms with Crippen molar-refractivity contribution in [3.05, 3.63) is 71.3 Å². The Balaban J connectivity index is 2.06. The van der Waals surface area contributed by atoms with Crippen molar-refractivity contribution < 1.29 is 9.18 Å². The van der Waals surface area contributed by atoms with Crippen molar-refractivity contribution in [1.82, 2.24) is 4.98 Å². The standard InChI is InChI=1S/C17H13ClFN3O/c18-13-5-4-12(15(19)8-13)10-22(17(20)23)16-3-1-2-11-9-21-7-6-14(11)16/h1-9H,10H2,(H2,20,23). The van der Waals surface area contributed by atoms with E-state index < -0.39 is 11.8 Å². The molecule has 0 unspecified atom stereocenters. The van der Waals surface area contributed by atoms with Crippen LogP contribution in [0.5, 0.6) is 0 Å². The van der Waals surface area contributed by atoms with Gasteiger partial charge in [-0.1, -0.05) is 29.8 Å². The lowest BCUT2D eigenvalue weighted by atomic mass is 10.1. The molecule has 2 N–H and O–H groups in total. The molecule has 3 aromatic rings. The van der Waals surface area contributed by atoms with Crippen LogP contribution in [0.3, 0.4) is 0 Å². The summed E-state index contributed by atoms with van der Waals surface area (Å²) in [6, 6.07) is 10.9. The number of amides is 2. The molecule has 0 aliphatic rings. The van der Waals surface area contributed by atoms with E-state index >= 15 is 0 Å². The van der Waals surface area contributed by atoms with Crippen molar-refractivity contribution in [3.63, 3.8) is 0 Å². The van der Waals surface area contributed by atoms with Crippen molar-refractivity contribution >= 4 is 34.1 Å². The van der Waals surface area contributed by atoms with Gasteiger partial charge < -0.3 is 5.73 Å². The Morgan fingerprint density at radius 3 is 2.83 bits per heavy atom. The molecule has 23 heavy (non-hydrogen) atoms. The fourth-order valence-corrected chi connectivity index (χ4v) is 2.60. The fourth-order valence-electron chi connectivity index (χ4n) is 2.44. The number of halogens is 2. The van der Waals surface area contributed by atoms with Gasteiger partial charge in [-0.05, 0) is 24.3 Å². The van der Waals surface area contributed by atoms with Gasteiger partial charge in [0.15, 0.2) is 0 Å². The molecule has 0 bridgehead atoms. The molecule has 0 saturated carbocycles. The highest BCUT2D eigenvalue weighted by atomic mass is 35.5. The number of hydrogen-bond donors (Lipinski definition) is 1. The highest BCUT2D eigenvalue weighted by Crippen LogP contribution is 2.28. The number of fused-ring (bicyclic) bond motifs is 1. The zero-order valence-corrected chi connectivity index (χ0v) is 12.8. The van der Waals surface area contributed by atoms with Crippen molar-refractivity contribution in [2.24, 2.45) is 5.73 Å². The largest absolute Gasteiger partial charge is 0.351 e. The number of carbonyl (C=O) groups excluding carboxylic acids is 1. The average Bonchev–Trinajstić information content (AvgIpc) is 2.53. The Morgan fingerprint density at radius 2 is 2.09 bits per heavy atom. The molecule has 2 amide bonds. The number of rotatable bonds is 3. The van der Waals surface area contributed by atoms with E-state index in [-0.39, 0.29) is 6.54 Å². The van der Waals surface area contributed by atoms with Gasteiger partial charge in [0.05, 0.1) is 12.2 Å². The minimum absolute atomic E-state index is 0.0137. The quantitative estimate of drug-likeness (QED) is 0.786. The third-order valence-corrected chi connectivity index (χ3v) is 3.79. The molecule has 2 aromatic carbocycles. The van der Waals surface area contributed by atoms with Crippen LogP contribution in [-0.4, -0.2) is 11.0 Å². The number of nitrogens with zero attached hydrogens (tertiary/aromatic N) is 2. The van der Waals surface area contributed by atoms with Gasteiger partial charge in [-0.3, -0.25) is 9.88 Å². The number of anilines is 1. The third kappa shape index (κ3) is 3.10. The van der Waals surface area contributed by atoms with Crippen LogP contribution in [0.15, 0.2) is 54.9 Å². The predicted molar refractivity (Wildman–Crippen MR) is 88.9 cm³/mol. The number of aromatic nitrogens is 1. The maximum atomic E-state index is 14.0. The Labute approximate surface area is 137 Å². The van der Waals surface area contributed by atoms with E-state index in [1.165, 1.54) is 11.0 Å². The summed E-state index contributed by atoms with van der Waals surface area (Å²) in [4.78, 5) is 17.3. The third-order valence-electron chi connectivity index (χ3n) is 3.56. The summed E-state index contributed by atoms with van der Waals surface area (Å²) >= 11 is 5.76. The van der Waals surface area contributed by atoms with Gasteiger partial charge in [-0.25, -0.2) is 9.18 Å². The van der Waals surface area contributed by atoms with Gasteiger partial charge in [0.25, 0.3) is 0 Å². The zero-order valence-electron chi connectivity index (χ0n) is 12.0. The molecular formula is C17H13ClFN3O. The summed E-state index contributed by atoms with van der Waals surface area (Å²) in [7, 11) is 0. The lowest BCUT2D eigenvalue weighted by molar-refractivity contribution is 0.253. The Bertz CT molecular complexity index is 879. The molecule has 116 valence electrons. The lowest BCUT2D eigenvalue weighted by Crippen LogP contribution is -2.35. The summed E-state index contributed by atoms with van der Waals surface area (Å²) in [6.45, 7) is 0.0137. The van der Waals surface area contributed by atoms with Crippen molar-refractivity contribution in [1.29, 1.82) is 0 Å². The first-order valence-electron chi connectivity index (χ1n) is 6.90. The van der Waals surface area contributed by atoms with E-state index in [1.807, 2.05) is 6.07 Å². The molecular weight excluding hydrogens is 317 g/mol. The normalized spacial score (nSPS) is 10.7. The molecule has 0 atom stereocenters. The molecule has 0 saturated heterocycles.